The standard InChI is InChI=1S/C25H18FN7O3S/c1-14(15-2-3-15)16-10-11-31(13-16)25-29-22(28-24(34)20-8-9-21(37-20)33(35)36)19-12-27-32(23(19)30-25)18-6-4-17(26)5-7-18/h4-13H,2-3H2,1H3,(H,28,29,30,34). The number of thiophene rings is 1. The van der Waals surface area contributed by atoms with Gasteiger partial charge in [-0.2, -0.15) is 15.1 Å². The lowest BCUT2D eigenvalue weighted by Crippen LogP contribution is -2.13. The zero-order chi connectivity index (χ0) is 25.7. The number of carbonyl (C=O) groups excluding carboxylic acids is 1. The second-order valence-electron chi connectivity index (χ2n) is 8.53. The van der Waals surface area contributed by atoms with E-state index in [2.05, 4.69) is 22.3 Å². The summed E-state index contributed by atoms with van der Waals surface area (Å²) in [6.45, 7) is 2.08. The smallest absolute Gasteiger partial charge is 0.305 e. The number of anilines is 1. The van der Waals surface area contributed by atoms with Gasteiger partial charge in [-0.15, -0.1) is 0 Å². The number of hydrogen-bond donors (Lipinski definition) is 1. The predicted octanol–water partition coefficient (Wildman–Crippen LogP) is 5.53. The number of benzene rings is 1. The molecule has 0 bridgehead atoms. The quantitative estimate of drug-likeness (QED) is 0.234. The molecule has 1 aromatic carbocycles. The van der Waals surface area contributed by atoms with Gasteiger partial charge in [-0.05, 0) is 67.3 Å². The first kappa shape index (κ1) is 22.7. The lowest BCUT2D eigenvalue weighted by molar-refractivity contribution is -0.380. The van der Waals surface area contributed by atoms with Crippen LogP contribution in [0.2, 0.25) is 0 Å². The number of allylic oxidation sites excluding steroid dienone is 2. The number of rotatable bonds is 6. The second-order valence-corrected chi connectivity index (χ2v) is 9.59. The molecule has 4 aromatic heterocycles. The molecule has 184 valence electrons. The van der Waals surface area contributed by atoms with Gasteiger partial charge in [0.2, 0.25) is 5.95 Å². The van der Waals surface area contributed by atoms with Crippen molar-refractivity contribution in [2.24, 2.45) is 0 Å². The molecule has 10 nitrogen and oxygen atoms in total. The lowest BCUT2D eigenvalue weighted by Gasteiger charge is -2.09. The first-order valence-electron chi connectivity index (χ1n) is 11.3. The number of amides is 1. The van der Waals surface area contributed by atoms with E-state index >= 15 is 0 Å². The summed E-state index contributed by atoms with van der Waals surface area (Å²) in [5, 5.41) is 18.5. The fraction of sp³-hybridized carbons (Fsp3) is 0.120. The molecule has 1 aliphatic rings. The van der Waals surface area contributed by atoms with Gasteiger partial charge in [0, 0.05) is 18.5 Å². The molecule has 12 heteroatoms. The molecule has 0 saturated heterocycles. The van der Waals surface area contributed by atoms with E-state index in [4.69, 9.17) is 4.98 Å². The van der Waals surface area contributed by atoms with Crippen molar-refractivity contribution in [3.63, 3.8) is 0 Å². The first-order chi connectivity index (χ1) is 17.9. The highest BCUT2D eigenvalue weighted by Gasteiger charge is 2.21. The van der Waals surface area contributed by atoms with Crippen LogP contribution in [0, 0.1) is 15.9 Å². The minimum absolute atomic E-state index is 0.136. The Kier molecular flexibility index (Phi) is 5.37. The highest BCUT2D eigenvalue weighted by Crippen LogP contribution is 2.36. The zero-order valence-corrected chi connectivity index (χ0v) is 20.2. The SMILES string of the molecule is CC(=C1CC1)c1ccn(-c2nc(NC(=O)c3ccc([N+](=O)[O-])s3)c3cnn(-c4ccc(F)cc4)c3n2)c1. The molecular formula is C25H18FN7O3S. The molecule has 0 aliphatic heterocycles. The third kappa shape index (κ3) is 4.27. The lowest BCUT2D eigenvalue weighted by atomic mass is 10.1. The van der Waals surface area contributed by atoms with E-state index in [0.29, 0.717) is 22.7 Å². The van der Waals surface area contributed by atoms with E-state index in [0.717, 1.165) is 29.7 Å². The number of nitrogens with one attached hydrogen (secondary N) is 1. The molecule has 37 heavy (non-hydrogen) atoms. The second kappa shape index (κ2) is 8.75. The van der Waals surface area contributed by atoms with Crippen LogP contribution >= 0.6 is 11.3 Å². The van der Waals surface area contributed by atoms with Crippen LogP contribution in [0.15, 0.2) is 66.6 Å². The van der Waals surface area contributed by atoms with Gasteiger partial charge >= 0.3 is 5.00 Å². The fourth-order valence-corrected chi connectivity index (χ4v) is 4.70. The maximum absolute atomic E-state index is 13.5. The molecule has 6 rings (SSSR count). The molecule has 1 amide bonds. The molecule has 1 aliphatic carbocycles. The third-order valence-corrected chi connectivity index (χ3v) is 7.14. The van der Waals surface area contributed by atoms with Crippen molar-refractivity contribution in [1.29, 1.82) is 0 Å². The van der Waals surface area contributed by atoms with E-state index in [-0.39, 0.29) is 21.5 Å². The van der Waals surface area contributed by atoms with Crippen LogP contribution in [0.5, 0.6) is 0 Å². The topological polar surface area (TPSA) is 121 Å². The van der Waals surface area contributed by atoms with Gasteiger partial charge in [-0.1, -0.05) is 16.9 Å². The summed E-state index contributed by atoms with van der Waals surface area (Å²) < 4.78 is 16.8. The van der Waals surface area contributed by atoms with Crippen molar-refractivity contribution < 1.29 is 14.1 Å². The highest BCUT2D eigenvalue weighted by molar-refractivity contribution is 7.17. The Morgan fingerprint density at radius 1 is 1.14 bits per heavy atom. The summed E-state index contributed by atoms with van der Waals surface area (Å²) in [5.74, 6) is -0.430. The Labute approximate surface area is 212 Å². The summed E-state index contributed by atoms with van der Waals surface area (Å²) >= 11 is 0.772. The number of halogens is 1. The number of carbonyl (C=O) groups is 1. The monoisotopic (exact) mass is 515 g/mol. The normalized spacial score (nSPS) is 12.6. The van der Waals surface area contributed by atoms with E-state index in [1.165, 1.54) is 46.3 Å². The van der Waals surface area contributed by atoms with Gasteiger partial charge < -0.3 is 5.32 Å². The molecule has 4 heterocycles. The van der Waals surface area contributed by atoms with Crippen molar-refractivity contribution >= 4 is 44.7 Å². The Hall–Kier alpha value is -4.71. The maximum Gasteiger partial charge on any atom is 0.324 e. The van der Waals surface area contributed by atoms with Crippen LogP contribution in [0.4, 0.5) is 15.2 Å². The van der Waals surface area contributed by atoms with Crippen molar-refractivity contribution in [3.05, 3.63) is 93.0 Å². The minimum Gasteiger partial charge on any atom is -0.305 e. The van der Waals surface area contributed by atoms with Gasteiger partial charge in [0.1, 0.15) is 11.6 Å². The van der Waals surface area contributed by atoms with Crippen LogP contribution in [0.1, 0.15) is 35.0 Å². The average molecular weight is 516 g/mol. The van der Waals surface area contributed by atoms with E-state index in [1.807, 2.05) is 18.5 Å². The van der Waals surface area contributed by atoms with Crippen LogP contribution in [-0.2, 0) is 0 Å². The van der Waals surface area contributed by atoms with Gasteiger partial charge in [0.25, 0.3) is 5.91 Å². The molecule has 1 saturated carbocycles. The molecule has 1 N–H and O–H groups in total. The van der Waals surface area contributed by atoms with Gasteiger partial charge in [0.05, 0.1) is 27.1 Å². The number of hydrogen-bond acceptors (Lipinski definition) is 7. The molecule has 1 fully saturated rings. The zero-order valence-electron chi connectivity index (χ0n) is 19.4. The number of fused-ring (bicyclic) bond motifs is 1. The Balaban J connectivity index is 1.45. The summed E-state index contributed by atoms with van der Waals surface area (Å²) in [7, 11) is 0. The summed E-state index contributed by atoms with van der Waals surface area (Å²) in [6, 6.07) is 10.5. The Morgan fingerprint density at radius 3 is 2.62 bits per heavy atom. The summed E-state index contributed by atoms with van der Waals surface area (Å²) in [6.07, 6.45) is 7.49. The number of nitro groups is 1. The Morgan fingerprint density at radius 2 is 1.92 bits per heavy atom. The van der Waals surface area contributed by atoms with Crippen molar-refractivity contribution in [2.75, 3.05) is 5.32 Å². The molecule has 0 spiro atoms. The van der Waals surface area contributed by atoms with Crippen LogP contribution in [-0.4, -0.2) is 35.1 Å². The molecule has 0 radical (unpaired) electrons. The van der Waals surface area contributed by atoms with Crippen molar-refractivity contribution in [3.8, 4) is 11.6 Å². The number of aromatic nitrogens is 5. The summed E-state index contributed by atoms with van der Waals surface area (Å²) in [4.78, 5) is 32.9. The first-order valence-corrected chi connectivity index (χ1v) is 12.1. The van der Waals surface area contributed by atoms with Crippen LogP contribution in [0.3, 0.4) is 0 Å². The average Bonchev–Trinajstić information content (AvgIpc) is 3.26. The fourth-order valence-electron chi connectivity index (χ4n) is 3.98. The highest BCUT2D eigenvalue weighted by atomic mass is 32.1. The van der Waals surface area contributed by atoms with E-state index in [1.54, 1.807) is 16.7 Å². The van der Waals surface area contributed by atoms with Crippen LogP contribution < -0.4 is 5.32 Å². The van der Waals surface area contributed by atoms with Crippen molar-refractivity contribution in [1.82, 2.24) is 24.3 Å². The van der Waals surface area contributed by atoms with Crippen LogP contribution in [0.25, 0.3) is 28.2 Å². The van der Waals surface area contributed by atoms with Gasteiger partial charge in [-0.25, -0.2) is 9.07 Å². The number of nitrogens with zero attached hydrogens (tertiary/aromatic N) is 6. The third-order valence-electron chi connectivity index (χ3n) is 6.10. The summed E-state index contributed by atoms with van der Waals surface area (Å²) in [5.41, 5.74) is 4.68. The van der Waals surface area contributed by atoms with Crippen molar-refractivity contribution in [2.45, 2.75) is 19.8 Å². The maximum atomic E-state index is 13.5. The van der Waals surface area contributed by atoms with E-state index < -0.39 is 10.8 Å². The predicted molar refractivity (Wildman–Crippen MR) is 137 cm³/mol. The van der Waals surface area contributed by atoms with Gasteiger partial charge in [-0.3, -0.25) is 19.5 Å². The minimum atomic E-state index is -0.544. The van der Waals surface area contributed by atoms with Gasteiger partial charge in [0.15, 0.2) is 5.65 Å². The Bertz CT molecular complexity index is 1730. The molecule has 0 unspecified atom stereocenters. The molecular weight excluding hydrogens is 497 g/mol. The molecule has 5 aromatic rings. The largest absolute Gasteiger partial charge is 0.324 e. The van der Waals surface area contributed by atoms with E-state index in [9.17, 15) is 19.3 Å². The molecule has 0 atom stereocenters.